The number of H-pyrrole nitrogens is 1. The minimum absolute atomic E-state index is 0.0309. The van der Waals surface area contributed by atoms with Crippen molar-refractivity contribution in [3.63, 3.8) is 0 Å². The van der Waals surface area contributed by atoms with E-state index in [2.05, 4.69) is 27.2 Å². The number of hydrogen-bond acceptors (Lipinski definition) is 2. The van der Waals surface area contributed by atoms with Gasteiger partial charge in [0.15, 0.2) is 5.69 Å². The van der Waals surface area contributed by atoms with E-state index in [1.165, 1.54) is 0 Å². The topological polar surface area (TPSA) is 53.9 Å². The average Bonchev–Trinajstić information content (AvgIpc) is 3.24. The maximum absolute atomic E-state index is 12.7. The second-order valence-electron chi connectivity index (χ2n) is 5.77. The minimum Gasteiger partial charge on any atom is -0.351 e. The number of carbonyl (C=O) groups is 1. The molecule has 1 aliphatic rings. The summed E-state index contributed by atoms with van der Waals surface area (Å²) >= 11 is 0. The summed E-state index contributed by atoms with van der Waals surface area (Å²) in [5.74, 6) is 0.0309. The number of amides is 1. The number of piperidine rings is 1. The highest BCUT2D eigenvalue weighted by Gasteiger charge is 2.26. The highest BCUT2D eigenvalue weighted by Crippen LogP contribution is 2.24. The Bertz CT molecular complexity index is 782. The molecule has 0 saturated carbocycles. The predicted octanol–water partition coefficient (Wildman–Crippen LogP) is 2.84. The molecule has 5 heteroatoms. The number of fused-ring (bicyclic) bond motifs is 1. The Morgan fingerprint density at radius 3 is 2.59 bits per heavy atom. The summed E-state index contributed by atoms with van der Waals surface area (Å²) in [5.41, 5.74) is 1.45. The van der Waals surface area contributed by atoms with Crippen LogP contribution in [-0.4, -0.2) is 38.7 Å². The fourth-order valence-electron chi connectivity index (χ4n) is 3.23. The van der Waals surface area contributed by atoms with Crippen molar-refractivity contribution in [3.05, 3.63) is 54.5 Å². The standard InChI is InChI=1S/C17H18N4O/c22-17(16-14-5-1-2-6-15(14)18-19-16)21-11-7-13(8-12-21)20-9-3-4-10-20/h1-6,9-10,13H,7-8,11-12H2,(H,18,19). The number of rotatable bonds is 2. The van der Waals surface area contributed by atoms with Crippen molar-refractivity contribution in [3.8, 4) is 0 Å². The monoisotopic (exact) mass is 294 g/mol. The van der Waals surface area contributed by atoms with Gasteiger partial charge in [-0.1, -0.05) is 18.2 Å². The molecular formula is C17H18N4O. The molecule has 3 aromatic rings. The number of para-hydroxylation sites is 1. The summed E-state index contributed by atoms with van der Waals surface area (Å²) in [6.07, 6.45) is 6.18. The molecule has 3 heterocycles. The van der Waals surface area contributed by atoms with Gasteiger partial charge in [-0.15, -0.1) is 0 Å². The van der Waals surface area contributed by atoms with Crippen molar-refractivity contribution in [2.75, 3.05) is 13.1 Å². The van der Waals surface area contributed by atoms with Crippen LogP contribution in [0.5, 0.6) is 0 Å². The van der Waals surface area contributed by atoms with Gasteiger partial charge in [0.25, 0.3) is 5.91 Å². The zero-order chi connectivity index (χ0) is 14.9. The van der Waals surface area contributed by atoms with Gasteiger partial charge >= 0.3 is 0 Å². The highest BCUT2D eigenvalue weighted by molar-refractivity contribution is 6.04. The molecule has 4 rings (SSSR count). The molecule has 5 nitrogen and oxygen atoms in total. The van der Waals surface area contributed by atoms with Crippen molar-refractivity contribution in [1.29, 1.82) is 0 Å². The van der Waals surface area contributed by atoms with Crippen molar-refractivity contribution >= 4 is 16.8 Å². The lowest BCUT2D eigenvalue weighted by Gasteiger charge is -2.32. The molecule has 0 atom stereocenters. The Balaban J connectivity index is 1.50. The van der Waals surface area contributed by atoms with Crippen LogP contribution in [0.15, 0.2) is 48.8 Å². The molecule has 1 amide bonds. The molecule has 0 unspecified atom stereocenters. The number of benzene rings is 1. The lowest BCUT2D eigenvalue weighted by molar-refractivity contribution is 0.0690. The van der Waals surface area contributed by atoms with Crippen molar-refractivity contribution in [1.82, 2.24) is 19.7 Å². The Morgan fingerprint density at radius 1 is 1.09 bits per heavy atom. The van der Waals surface area contributed by atoms with Gasteiger partial charge in [-0.25, -0.2) is 0 Å². The zero-order valence-corrected chi connectivity index (χ0v) is 12.3. The summed E-state index contributed by atoms with van der Waals surface area (Å²) in [6.45, 7) is 1.56. The van der Waals surface area contributed by atoms with Gasteiger partial charge < -0.3 is 9.47 Å². The lowest BCUT2D eigenvalue weighted by atomic mass is 10.0. The van der Waals surface area contributed by atoms with E-state index in [1.54, 1.807) is 0 Å². The Kier molecular flexibility index (Phi) is 3.18. The summed E-state index contributed by atoms with van der Waals surface area (Å²) < 4.78 is 2.24. The Morgan fingerprint density at radius 2 is 1.82 bits per heavy atom. The number of aromatic nitrogens is 3. The van der Waals surface area contributed by atoms with Crippen LogP contribution in [0.1, 0.15) is 29.4 Å². The normalized spacial score (nSPS) is 16.3. The number of aromatic amines is 1. The van der Waals surface area contributed by atoms with Crippen LogP contribution in [-0.2, 0) is 0 Å². The summed E-state index contributed by atoms with van der Waals surface area (Å²) in [7, 11) is 0. The smallest absolute Gasteiger partial charge is 0.274 e. The summed E-state index contributed by atoms with van der Waals surface area (Å²) in [4.78, 5) is 14.6. The quantitative estimate of drug-likeness (QED) is 0.790. The molecule has 1 aromatic carbocycles. The van der Waals surface area contributed by atoms with E-state index in [1.807, 2.05) is 41.3 Å². The lowest BCUT2D eigenvalue weighted by Crippen LogP contribution is -2.39. The van der Waals surface area contributed by atoms with Gasteiger partial charge in [0, 0.05) is 36.9 Å². The molecule has 1 aliphatic heterocycles. The van der Waals surface area contributed by atoms with Gasteiger partial charge in [0.1, 0.15) is 0 Å². The van der Waals surface area contributed by atoms with E-state index < -0.39 is 0 Å². The third-order valence-corrected chi connectivity index (χ3v) is 4.47. The minimum atomic E-state index is 0.0309. The molecule has 112 valence electrons. The molecule has 0 spiro atoms. The largest absolute Gasteiger partial charge is 0.351 e. The fourth-order valence-corrected chi connectivity index (χ4v) is 3.23. The molecule has 1 saturated heterocycles. The first-order valence-corrected chi connectivity index (χ1v) is 7.68. The first-order valence-electron chi connectivity index (χ1n) is 7.68. The summed E-state index contributed by atoms with van der Waals surface area (Å²) in [5, 5.41) is 8.06. The molecular weight excluding hydrogens is 276 g/mol. The van der Waals surface area contributed by atoms with Crippen LogP contribution in [0.4, 0.5) is 0 Å². The number of nitrogens with zero attached hydrogens (tertiary/aromatic N) is 3. The molecule has 0 bridgehead atoms. The van der Waals surface area contributed by atoms with Gasteiger partial charge in [-0.2, -0.15) is 5.10 Å². The van der Waals surface area contributed by atoms with Crippen molar-refractivity contribution in [2.45, 2.75) is 18.9 Å². The first-order chi connectivity index (χ1) is 10.8. The molecule has 1 fully saturated rings. The Hall–Kier alpha value is -2.56. The van der Waals surface area contributed by atoms with Crippen LogP contribution in [0, 0.1) is 0 Å². The SMILES string of the molecule is O=C(c1n[nH]c2ccccc12)N1CCC(n2cccc2)CC1. The molecule has 0 aliphatic carbocycles. The van der Waals surface area contributed by atoms with Crippen LogP contribution in [0.25, 0.3) is 10.9 Å². The van der Waals surface area contributed by atoms with Crippen molar-refractivity contribution < 1.29 is 4.79 Å². The van der Waals surface area contributed by atoms with E-state index in [0.29, 0.717) is 11.7 Å². The number of carbonyl (C=O) groups excluding carboxylic acids is 1. The van der Waals surface area contributed by atoms with Gasteiger partial charge in [0.2, 0.25) is 0 Å². The molecule has 22 heavy (non-hydrogen) atoms. The molecule has 2 aromatic heterocycles. The number of likely N-dealkylation sites (tertiary alicyclic amines) is 1. The van der Waals surface area contributed by atoms with Crippen LogP contribution < -0.4 is 0 Å². The van der Waals surface area contributed by atoms with Crippen molar-refractivity contribution in [2.24, 2.45) is 0 Å². The number of nitrogens with one attached hydrogen (secondary N) is 1. The average molecular weight is 294 g/mol. The van der Waals surface area contributed by atoms with Crippen LogP contribution in [0.3, 0.4) is 0 Å². The summed E-state index contributed by atoms with van der Waals surface area (Å²) in [6, 6.07) is 12.4. The van der Waals surface area contributed by atoms with E-state index in [4.69, 9.17) is 0 Å². The second kappa shape index (κ2) is 5.33. The van der Waals surface area contributed by atoms with Crippen LogP contribution >= 0.6 is 0 Å². The van der Waals surface area contributed by atoms with E-state index in [-0.39, 0.29) is 5.91 Å². The van der Waals surface area contributed by atoms with Crippen LogP contribution in [0.2, 0.25) is 0 Å². The second-order valence-corrected chi connectivity index (χ2v) is 5.77. The van der Waals surface area contributed by atoms with Gasteiger partial charge in [-0.05, 0) is 31.0 Å². The van der Waals surface area contributed by atoms with E-state index >= 15 is 0 Å². The highest BCUT2D eigenvalue weighted by atomic mass is 16.2. The molecule has 1 N–H and O–H groups in total. The first kappa shape index (κ1) is 13.1. The van der Waals surface area contributed by atoms with Gasteiger partial charge in [0.05, 0.1) is 5.52 Å². The number of hydrogen-bond donors (Lipinski definition) is 1. The van der Waals surface area contributed by atoms with E-state index in [0.717, 1.165) is 36.8 Å². The maximum atomic E-state index is 12.7. The van der Waals surface area contributed by atoms with Gasteiger partial charge in [-0.3, -0.25) is 9.89 Å². The third-order valence-electron chi connectivity index (χ3n) is 4.47. The predicted molar refractivity (Wildman–Crippen MR) is 84.7 cm³/mol. The van der Waals surface area contributed by atoms with E-state index in [9.17, 15) is 4.79 Å². The third kappa shape index (κ3) is 2.19. The Labute approximate surface area is 128 Å². The fraction of sp³-hybridized carbons (Fsp3) is 0.294. The maximum Gasteiger partial charge on any atom is 0.274 e. The zero-order valence-electron chi connectivity index (χ0n) is 12.3. The molecule has 0 radical (unpaired) electrons.